The highest BCUT2D eigenvalue weighted by Gasteiger charge is 2.21. The molecule has 6 heteroatoms. The molecule has 0 aliphatic carbocycles. The molecular formula is C16H20N2O3S. The van der Waals surface area contributed by atoms with Gasteiger partial charge in [-0.05, 0) is 31.0 Å². The Hall–Kier alpha value is -1.92. The van der Waals surface area contributed by atoms with E-state index in [1.54, 1.807) is 42.7 Å². The van der Waals surface area contributed by atoms with Gasteiger partial charge in [0.1, 0.15) is 5.75 Å². The molecule has 22 heavy (non-hydrogen) atoms. The molecule has 5 nitrogen and oxygen atoms in total. The first-order chi connectivity index (χ1) is 10.5. The van der Waals surface area contributed by atoms with Gasteiger partial charge in [-0.15, -0.1) is 11.3 Å². The number of nitrogens with one attached hydrogen (secondary N) is 1. The number of thiazole rings is 1. The molecule has 0 aliphatic heterocycles. The van der Waals surface area contributed by atoms with E-state index < -0.39 is 12.0 Å². The molecule has 2 N–H and O–H groups in total. The minimum atomic E-state index is -1.23. The second-order valence-corrected chi connectivity index (χ2v) is 5.87. The number of hydrogen-bond acceptors (Lipinski definition) is 5. The average molecular weight is 320 g/mol. The van der Waals surface area contributed by atoms with Gasteiger partial charge in [-0.3, -0.25) is 4.79 Å². The molecule has 0 saturated heterocycles. The second-order valence-electron chi connectivity index (χ2n) is 4.93. The van der Waals surface area contributed by atoms with Crippen LogP contribution in [-0.4, -0.2) is 23.1 Å². The molecule has 2 rings (SSSR count). The lowest BCUT2D eigenvalue weighted by Crippen LogP contribution is -2.31. The molecule has 2 unspecified atom stereocenters. The molecule has 0 saturated carbocycles. The number of carbonyl (C=O) groups is 1. The fourth-order valence-corrected chi connectivity index (χ4v) is 2.85. The summed E-state index contributed by atoms with van der Waals surface area (Å²) < 4.78 is 5.10. The summed E-state index contributed by atoms with van der Waals surface area (Å²) in [6.07, 6.45) is -0.362. The molecule has 118 valence electrons. The smallest absolute Gasteiger partial charge is 0.254 e. The van der Waals surface area contributed by atoms with E-state index in [0.717, 1.165) is 17.1 Å². The van der Waals surface area contributed by atoms with Crippen LogP contribution in [0.5, 0.6) is 5.75 Å². The number of nitrogens with zero attached hydrogens (tertiary/aromatic N) is 1. The molecule has 1 heterocycles. The first kappa shape index (κ1) is 16.5. The van der Waals surface area contributed by atoms with Crippen molar-refractivity contribution in [3.8, 4) is 5.75 Å². The summed E-state index contributed by atoms with van der Waals surface area (Å²) in [5.41, 5.74) is 1.31. The second kappa shape index (κ2) is 7.38. The molecule has 0 spiro atoms. The Morgan fingerprint density at radius 1 is 1.50 bits per heavy atom. The first-order valence-corrected chi connectivity index (χ1v) is 7.99. The summed E-state index contributed by atoms with van der Waals surface area (Å²) in [5.74, 6) is 0.149. The number of methoxy groups -OCH3 is 1. The fourth-order valence-electron chi connectivity index (χ4n) is 2.02. The van der Waals surface area contributed by atoms with Crippen LogP contribution in [0.2, 0.25) is 0 Å². The normalized spacial score (nSPS) is 13.5. The maximum Gasteiger partial charge on any atom is 0.254 e. The number of benzene rings is 1. The third-order valence-corrected chi connectivity index (χ3v) is 4.34. The van der Waals surface area contributed by atoms with Crippen molar-refractivity contribution in [2.24, 2.45) is 0 Å². The van der Waals surface area contributed by atoms with E-state index >= 15 is 0 Å². The Morgan fingerprint density at radius 3 is 2.91 bits per heavy atom. The summed E-state index contributed by atoms with van der Waals surface area (Å²) in [7, 11) is 1.54. The van der Waals surface area contributed by atoms with Crippen molar-refractivity contribution in [3.63, 3.8) is 0 Å². The lowest BCUT2D eigenvalue weighted by Gasteiger charge is -2.16. The minimum Gasteiger partial charge on any atom is -0.497 e. The van der Waals surface area contributed by atoms with Gasteiger partial charge >= 0.3 is 0 Å². The molecule has 1 aromatic heterocycles. The predicted molar refractivity (Wildman–Crippen MR) is 86.0 cm³/mol. The van der Waals surface area contributed by atoms with Crippen molar-refractivity contribution in [2.75, 3.05) is 7.11 Å². The Bertz CT molecular complexity index is 642. The van der Waals surface area contributed by atoms with Crippen LogP contribution in [0.25, 0.3) is 0 Å². The highest BCUT2D eigenvalue weighted by molar-refractivity contribution is 7.09. The standard InChI is InChI=1S/C16H20N2O3S/c1-4-14-18-13(9-22-14)10(2)17-16(20)15(19)11-6-5-7-12(8-11)21-3/h5-10,15,19H,4H2,1-3H3,(H,17,20). The Balaban J connectivity index is 2.04. The van der Waals surface area contributed by atoms with Crippen molar-refractivity contribution in [1.82, 2.24) is 10.3 Å². The van der Waals surface area contributed by atoms with Crippen molar-refractivity contribution >= 4 is 17.2 Å². The summed E-state index contributed by atoms with van der Waals surface area (Å²) >= 11 is 1.57. The van der Waals surface area contributed by atoms with Crippen LogP contribution in [0, 0.1) is 0 Å². The number of aromatic nitrogens is 1. The summed E-state index contributed by atoms with van der Waals surface area (Å²) in [5, 5.41) is 15.9. The molecule has 1 aromatic carbocycles. The first-order valence-electron chi connectivity index (χ1n) is 7.11. The highest BCUT2D eigenvalue weighted by atomic mass is 32.1. The van der Waals surface area contributed by atoms with Gasteiger partial charge in [-0.25, -0.2) is 4.98 Å². The summed E-state index contributed by atoms with van der Waals surface area (Å²) in [4.78, 5) is 16.6. The number of hydrogen-bond donors (Lipinski definition) is 2. The van der Waals surface area contributed by atoms with Crippen LogP contribution < -0.4 is 10.1 Å². The van der Waals surface area contributed by atoms with Gasteiger partial charge in [-0.2, -0.15) is 0 Å². The number of aliphatic hydroxyl groups is 1. The van der Waals surface area contributed by atoms with E-state index in [0.29, 0.717) is 11.3 Å². The predicted octanol–water partition coefficient (Wildman–Crippen LogP) is 2.62. The monoisotopic (exact) mass is 320 g/mol. The van der Waals surface area contributed by atoms with Gasteiger partial charge in [0, 0.05) is 5.38 Å². The maximum absolute atomic E-state index is 12.2. The van der Waals surface area contributed by atoms with E-state index in [4.69, 9.17) is 4.74 Å². The van der Waals surface area contributed by atoms with Gasteiger partial charge in [0.05, 0.1) is 23.9 Å². The summed E-state index contributed by atoms with van der Waals surface area (Å²) in [6, 6.07) is 6.59. The molecular weight excluding hydrogens is 300 g/mol. The molecule has 1 amide bonds. The van der Waals surface area contributed by atoms with Crippen LogP contribution in [-0.2, 0) is 11.2 Å². The Labute approximate surface area is 134 Å². The Morgan fingerprint density at radius 2 is 2.27 bits per heavy atom. The van der Waals surface area contributed by atoms with Gasteiger partial charge in [0.15, 0.2) is 6.10 Å². The third kappa shape index (κ3) is 3.84. The van der Waals surface area contributed by atoms with Crippen molar-refractivity contribution in [3.05, 3.63) is 45.9 Å². The zero-order chi connectivity index (χ0) is 16.1. The summed E-state index contributed by atoms with van der Waals surface area (Å²) in [6.45, 7) is 3.89. The molecule has 0 fully saturated rings. The number of carbonyl (C=O) groups excluding carboxylic acids is 1. The van der Waals surface area contributed by atoms with Gasteiger partial charge in [-0.1, -0.05) is 19.1 Å². The van der Waals surface area contributed by atoms with Crippen molar-refractivity contribution in [2.45, 2.75) is 32.4 Å². The largest absolute Gasteiger partial charge is 0.497 e. The topological polar surface area (TPSA) is 71.5 Å². The number of amides is 1. The number of rotatable bonds is 6. The van der Waals surface area contributed by atoms with Crippen LogP contribution in [0.1, 0.15) is 42.3 Å². The highest BCUT2D eigenvalue weighted by Crippen LogP contribution is 2.21. The van der Waals surface area contributed by atoms with Gasteiger partial charge < -0.3 is 15.2 Å². The average Bonchev–Trinajstić information content (AvgIpc) is 3.03. The van der Waals surface area contributed by atoms with Crippen LogP contribution >= 0.6 is 11.3 Å². The van der Waals surface area contributed by atoms with Crippen molar-refractivity contribution in [1.29, 1.82) is 0 Å². The third-order valence-electron chi connectivity index (χ3n) is 3.33. The van der Waals surface area contributed by atoms with Gasteiger partial charge in [0.25, 0.3) is 5.91 Å². The SMILES string of the molecule is CCc1nc(C(C)NC(=O)C(O)c2cccc(OC)c2)cs1. The van der Waals surface area contributed by atoms with E-state index in [9.17, 15) is 9.90 Å². The maximum atomic E-state index is 12.2. The van der Waals surface area contributed by atoms with Gasteiger partial charge in [0.2, 0.25) is 0 Å². The van der Waals surface area contributed by atoms with E-state index in [2.05, 4.69) is 10.3 Å². The molecule has 0 aliphatic rings. The minimum absolute atomic E-state index is 0.246. The van der Waals surface area contributed by atoms with Crippen LogP contribution in [0.3, 0.4) is 0 Å². The lowest BCUT2D eigenvalue weighted by atomic mass is 10.1. The van der Waals surface area contributed by atoms with Crippen LogP contribution in [0.4, 0.5) is 0 Å². The molecule has 2 aromatic rings. The van der Waals surface area contributed by atoms with E-state index in [-0.39, 0.29) is 6.04 Å². The zero-order valence-electron chi connectivity index (χ0n) is 12.9. The molecule has 0 bridgehead atoms. The molecule has 0 radical (unpaired) electrons. The number of aryl methyl sites for hydroxylation is 1. The van der Waals surface area contributed by atoms with E-state index in [1.165, 1.54) is 0 Å². The quantitative estimate of drug-likeness (QED) is 0.858. The fraction of sp³-hybridized carbons (Fsp3) is 0.375. The zero-order valence-corrected chi connectivity index (χ0v) is 13.7. The number of aliphatic hydroxyl groups excluding tert-OH is 1. The van der Waals surface area contributed by atoms with Crippen molar-refractivity contribution < 1.29 is 14.6 Å². The number of ether oxygens (including phenoxy) is 1. The molecule has 2 atom stereocenters. The Kier molecular flexibility index (Phi) is 5.51. The lowest BCUT2D eigenvalue weighted by molar-refractivity contribution is -0.130. The van der Waals surface area contributed by atoms with Crippen LogP contribution in [0.15, 0.2) is 29.6 Å². The van der Waals surface area contributed by atoms with E-state index in [1.807, 2.05) is 19.2 Å².